The molecule has 0 aromatic heterocycles. The molecule has 0 bridgehead atoms. The smallest absolute Gasteiger partial charge is 0.351 e. The SMILES string of the molecule is COC(=O)C(=CN(C)C)S(=O)(=O)c1cc(C)c(Cl)cc1C. The van der Waals surface area contributed by atoms with Gasteiger partial charge >= 0.3 is 5.97 Å². The van der Waals surface area contributed by atoms with Crippen molar-refractivity contribution < 1.29 is 17.9 Å². The molecule has 1 aromatic carbocycles. The van der Waals surface area contributed by atoms with Gasteiger partial charge in [-0.25, -0.2) is 13.2 Å². The highest BCUT2D eigenvalue weighted by molar-refractivity contribution is 7.96. The molecule has 1 aromatic rings. The summed E-state index contributed by atoms with van der Waals surface area (Å²) < 4.78 is 30.0. The molecule has 0 aliphatic rings. The number of sulfone groups is 1. The fraction of sp³-hybridized carbons (Fsp3) is 0.357. The van der Waals surface area contributed by atoms with E-state index in [1.807, 2.05) is 0 Å². The molecule has 0 N–H and O–H groups in total. The number of carbonyl (C=O) groups is 1. The maximum Gasteiger partial charge on any atom is 0.351 e. The second kappa shape index (κ2) is 6.49. The van der Waals surface area contributed by atoms with Crippen molar-refractivity contribution in [2.24, 2.45) is 0 Å². The van der Waals surface area contributed by atoms with Crippen molar-refractivity contribution in [2.45, 2.75) is 18.7 Å². The van der Waals surface area contributed by atoms with Crippen LogP contribution < -0.4 is 0 Å². The minimum absolute atomic E-state index is 0.0444. The van der Waals surface area contributed by atoms with E-state index in [-0.39, 0.29) is 4.90 Å². The molecule has 0 saturated carbocycles. The van der Waals surface area contributed by atoms with Crippen molar-refractivity contribution in [1.29, 1.82) is 0 Å². The van der Waals surface area contributed by atoms with Crippen molar-refractivity contribution in [2.75, 3.05) is 21.2 Å². The van der Waals surface area contributed by atoms with Crippen molar-refractivity contribution >= 4 is 27.4 Å². The van der Waals surface area contributed by atoms with Crippen molar-refractivity contribution in [1.82, 2.24) is 4.90 Å². The molecule has 0 unspecified atom stereocenters. The summed E-state index contributed by atoms with van der Waals surface area (Å²) in [5.74, 6) is -0.907. The van der Waals surface area contributed by atoms with E-state index in [1.54, 1.807) is 34.0 Å². The van der Waals surface area contributed by atoms with Gasteiger partial charge in [-0.05, 0) is 37.1 Å². The van der Waals surface area contributed by atoms with Crippen LogP contribution in [0.3, 0.4) is 0 Å². The molecule has 0 fully saturated rings. The Kier molecular flexibility index (Phi) is 5.42. The molecule has 0 aliphatic heterocycles. The van der Waals surface area contributed by atoms with E-state index in [0.29, 0.717) is 16.1 Å². The largest absolute Gasteiger partial charge is 0.465 e. The Morgan fingerprint density at radius 3 is 2.29 bits per heavy atom. The Labute approximate surface area is 130 Å². The number of esters is 1. The summed E-state index contributed by atoms with van der Waals surface area (Å²) in [5, 5.41) is 0.475. The summed E-state index contributed by atoms with van der Waals surface area (Å²) in [6.07, 6.45) is 1.23. The lowest BCUT2D eigenvalue weighted by Gasteiger charge is -2.14. The van der Waals surface area contributed by atoms with Crippen LogP contribution in [0.25, 0.3) is 0 Å². The van der Waals surface area contributed by atoms with Gasteiger partial charge in [0.15, 0.2) is 4.91 Å². The van der Waals surface area contributed by atoms with E-state index in [0.717, 1.165) is 7.11 Å². The number of hydrogen-bond acceptors (Lipinski definition) is 5. The standard InChI is InChI=1S/C14H18ClNO4S/c1-9-7-12(10(2)6-11(9)15)21(18,19)13(8-16(3)4)14(17)20-5/h6-8H,1-5H3. The lowest BCUT2D eigenvalue weighted by atomic mass is 10.2. The highest BCUT2D eigenvalue weighted by atomic mass is 35.5. The van der Waals surface area contributed by atoms with E-state index in [1.165, 1.54) is 17.2 Å². The van der Waals surface area contributed by atoms with E-state index in [9.17, 15) is 13.2 Å². The van der Waals surface area contributed by atoms with Crippen LogP contribution in [-0.2, 0) is 19.4 Å². The third kappa shape index (κ3) is 3.77. The molecule has 116 valence electrons. The van der Waals surface area contributed by atoms with Crippen LogP contribution in [0.15, 0.2) is 28.1 Å². The predicted molar refractivity (Wildman–Crippen MR) is 81.9 cm³/mol. The molecule has 0 amide bonds. The number of carbonyl (C=O) groups excluding carboxylic acids is 1. The Morgan fingerprint density at radius 1 is 1.24 bits per heavy atom. The highest BCUT2D eigenvalue weighted by Gasteiger charge is 2.30. The topological polar surface area (TPSA) is 63.7 Å². The summed E-state index contributed by atoms with van der Waals surface area (Å²) in [5.41, 5.74) is 1.09. The number of hydrogen-bond donors (Lipinski definition) is 0. The van der Waals surface area contributed by atoms with Gasteiger partial charge in [0.05, 0.1) is 12.0 Å². The van der Waals surface area contributed by atoms with Crippen molar-refractivity contribution in [3.8, 4) is 0 Å². The molecule has 0 heterocycles. The monoisotopic (exact) mass is 331 g/mol. The van der Waals surface area contributed by atoms with Gasteiger partial charge in [0.25, 0.3) is 0 Å². The molecule has 0 aliphatic carbocycles. The van der Waals surface area contributed by atoms with E-state index in [2.05, 4.69) is 4.74 Å². The molecule has 0 radical (unpaired) electrons. The zero-order valence-electron chi connectivity index (χ0n) is 12.6. The molecule has 7 heteroatoms. The molecule has 21 heavy (non-hydrogen) atoms. The molecule has 0 saturated heterocycles. The quantitative estimate of drug-likeness (QED) is 0.625. The Bertz CT molecular complexity index is 693. The van der Waals surface area contributed by atoms with Gasteiger partial charge in [0, 0.05) is 25.3 Å². The van der Waals surface area contributed by atoms with Gasteiger partial charge in [-0.15, -0.1) is 0 Å². The first-order valence-electron chi connectivity index (χ1n) is 6.09. The summed E-state index contributed by atoms with van der Waals surface area (Å²) in [6.45, 7) is 3.33. The third-order valence-corrected chi connectivity index (χ3v) is 5.07. The summed E-state index contributed by atoms with van der Waals surface area (Å²) in [6, 6.07) is 3.02. The van der Waals surface area contributed by atoms with E-state index < -0.39 is 20.7 Å². The normalized spacial score (nSPS) is 12.2. The number of aryl methyl sites for hydroxylation is 2. The van der Waals surface area contributed by atoms with Crippen LogP contribution in [0.2, 0.25) is 5.02 Å². The second-order valence-corrected chi connectivity index (χ2v) is 7.11. The Balaban J connectivity index is 3.58. The zero-order chi connectivity index (χ0) is 16.4. The molecular formula is C14H18ClNO4S. The Morgan fingerprint density at radius 2 is 1.81 bits per heavy atom. The summed E-state index contributed by atoms with van der Waals surface area (Å²) in [7, 11) is 0.396. The number of benzene rings is 1. The van der Waals surface area contributed by atoms with Crippen molar-refractivity contribution in [3.05, 3.63) is 39.4 Å². The summed E-state index contributed by atoms with van der Waals surface area (Å²) in [4.78, 5) is 12.9. The van der Waals surface area contributed by atoms with E-state index >= 15 is 0 Å². The van der Waals surface area contributed by atoms with Crippen LogP contribution in [0.5, 0.6) is 0 Å². The number of rotatable bonds is 4. The lowest BCUT2D eigenvalue weighted by Crippen LogP contribution is -2.19. The van der Waals surface area contributed by atoms with Gasteiger partial charge < -0.3 is 9.64 Å². The second-order valence-electron chi connectivity index (χ2n) is 4.82. The first-order chi connectivity index (χ1) is 9.61. The average molecular weight is 332 g/mol. The summed E-state index contributed by atoms with van der Waals surface area (Å²) >= 11 is 5.98. The van der Waals surface area contributed by atoms with Crippen LogP contribution in [0.4, 0.5) is 0 Å². The van der Waals surface area contributed by atoms with Crippen molar-refractivity contribution in [3.63, 3.8) is 0 Å². The minimum atomic E-state index is -3.99. The van der Waals surface area contributed by atoms with Crippen LogP contribution >= 0.6 is 11.6 Å². The Hall–Kier alpha value is -1.53. The fourth-order valence-corrected chi connectivity index (χ4v) is 3.65. The van der Waals surface area contributed by atoms with Gasteiger partial charge in [0.2, 0.25) is 9.84 Å². The minimum Gasteiger partial charge on any atom is -0.465 e. The maximum absolute atomic E-state index is 12.7. The van der Waals surface area contributed by atoms with Gasteiger partial charge in [-0.3, -0.25) is 0 Å². The van der Waals surface area contributed by atoms with Crippen LogP contribution in [0, 0.1) is 13.8 Å². The number of nitrogens with zero attached hydrogens (tertiary/aromatic N) is 1. The molecular weight excluding hydrogens is 314 g/mol. The zero-order valence-corrected chi connectivity index (χ0v) is 14.2. The van der Waals surface area contributed by atoms with Gasteiger partial charge in [-0.1, -0.05) is 11.6 Å². The highest BCUT2D eigenvalue weighted by Crippen LogP contribution is 2.28. The molecule has 1 rings (SSSR count). The van der Waals surface area contributed by atoms with Crippen LogP contribution in [0.1, 0.15) is 11.1 Å². The van der Waals surface area contributed by atoms with E-state index in [4.69, 9.17) is 11.6 Å². The molecule has 5 nitrogen and oxygen atoms in total. The first kappa shape index (κ1) is 17.5. The lowest BCUT2D eigenvalue weighted by molar-refractivity contribution is -0.135. The fourth-order valence-electron chi connectivity index (χ4n) is 1.73. The van der Waals surface area contributed by atoms with Crippen LogP contribution in [-0.4, -0.2) is 40.5 Å². The number of ether oxygens (including phenoxy) is 1. The number of halogens is 1. The molecule has 0 atom stereocenters. The predicted octanol–water partition coefficient (Wildman–Crippen LogP) is 2.31. The van der Waals surface area contributed by atoms with Gasteiger partial charge in [-0.2, -0.15) is 0 Å². The van der Waals surface area contributed by atoms with Gasteiger partial charge in [0.1, 0.15) is 0 Å². The maximum atomic E-state index is 12.7. The number of methoxy groups -OCH3 is 1. The third-order valence-electron chi connectivity index (χ3n) is 2.80. The first-order valence-corrected chi connectivity index (χ1v) is 7.95. The average Bonchev–Trinajstić information content (AvgIpc) is 2.38. The molecule has 0 spiro atoms.